The fraction of sp³-hybridized carbons (Fsp3) is 0.462. The number of sulfonamides is 1. The Morgan fingerprint density at radius 1 is 1.38 bits per heavy atom. The van der Waals surface area contributed by atoms with Gasteiger partial charge < -0.3 is 10.8 Å². The molecule has 21 heavy (non-hydrogen) atoms. The topological polar surface area (TPSA) is 101 Å². The highest BCUT2D eigenvalue weighted by Crippen LogP contribution is 2.30. The molecule has 8 heteroatoms. The van der Waals surface area contributed by atoms with Crippen LogP contribution in [0.5, 0.6) is 0 Å². The average molecular weight is 316 g/mol. The monoisotopic (exact) mass is 316 g/mol. The van der Waals surface area contributed by atoms with Gasteiger partial charge in [0.25, 0.3) is 0 Å². The number of hydrogen-bond acceptors (Lipinski definition) is 4. The Morgan fingerprint density at radius 3 is 2.33 bits per heavy atom. The van der Waals surface area contributed by atoms with E-state index in [-0.39, 0.29) is 35.5 Å². The van der Waals surface area contributed by atoms with Gasteiger partial charge in [-0.1, -0.05) is 0 Å². The lowest BCUT2D eigenvalue weighted by Gasteiger charge is -2.21. The summed E-state index contributed by atoms with van der Waals surface area (Å²) in [5.41, 5.74) is 4.71. The Bertz CT molecular complexity index is 681. The zero-order valence-electron chi connectivity index (χ0n) is 11.8. The van der Waals surface area contributed by atoms with Gasteiger partial charge in [-0.25, -0.2) is 12.8 Å². The predicted octanol–water partition coefficient (Wildman–Crippen LogP) is 0.619. The van der Waals surface area contributed by atoms with Crippen LogP contribution in [0.15, 0.2) is 17.0 Å². The first-order valence-electron chi connectivity index (χ1n) is 6.37. The van der Waals surface area contributed by atoms with Crippen molar-refractivity contribution in [3.05, 3.63) is 29.1 Å². The zero-order chi connectivity index (χ0) is 16.0. The van der Waals surface area contributed by atoms with E-state index in [0.717, 1.165) is 16.4 Å². The first kappa shape index (κ1) is 15.9. The molecule has 0 aliphatic carbocycles. The Kier molecular flexibility index (Phi) is 3.81. The Morgan fingerprint density at radius 2 is 1.90 bits per heavy atom. The number of carboxylic acids is 1. The molecule has 1 heterocycles. The average Bonchev–Trinajstić information content (AvgIpc) is 2.72. The van der Waals surface area contributed by atoms with E-state index >= 15 is 0 Å². The van der Waals surface area contributed by atoms with Gasteiger partial charge in [0.1, 0.15) is 11.4 Å². The number of nitrogens with two attached hydrogens (primary N) is 1. The summed E-state index contributed by atoms with van der Waals surface area (Å²) in [5, 5.41) is 9.08. The third-order valence-electron chi connectivity index (χ3n) is 3.71. The molecule has 2 rings (SSSR count). The molecular weight excluding hydrogens is 299 g/mol. The number of aryl methyl sites for hydroxylation is 2. The number of carboxylic acid groups (broad SMARTS) is 1. The molecule has 1 saturated heterocycles. The number of nitrogens with zero attached hydrogens (tertiary/aromatic N) is 1. The summed E-state index contributed by atoms with van der Waals surface area (Å²) >= 11 is 0. The van der Waals surface area contributed by atoms with Gasteiger partial charge in [-0.3, -0.25) is 4.79 Å². The maximum Gasteiger partial charge on any atom is 0.325 e. The lowest BCUT2D eigenvalue weighted by atomic mass is 10.0. The Hall–Kier alpha value is -1.51. The zero-order valence-corrected chi connectivity index (χ0v) is 12.6. The molecule has 0 radical (unpaired) electrons. The molecule has 1 fully saturated rings. The summed E-state index contributed by atoms with van der Waals surface area (Å²) in [7, 11) is -3.90. The smallest absolute Gasteiger partial charge is 0.325 e. The van der Waals surface area contributed by atoms with Crippen LogP contribution in [0.1, 0.15) is 17.5 Å². The van der Waals surface area contributed by atoms with Crippen LogP contribution < -0.4 is 5.73 Å². The van der Waals surface area contributed by atoms with Gasteiger partial charge in [-0.2, -0.15) is 4.31 Å². The molecule has 1 aromatic carbocycles. The van der Waals surface area contributed by atoms with Crippen LogP contribution in [-0.2, 0) is 14.8 Å². The van der Waals surface area contributed by atoms with E-state index < -0.39 is 27.3 Å². The number of hydrogen-bond donors (Lipinski definition) is 2. The number of aliphatic carboxylic acids is 1. The van der Waals surface area contributed by atoms with Crippen LogP contribution in [-0.4, -0.2) is 42.4 Å². The van der Waals surface area contributed by atoms with Crippen molar-refractivity contribution in [3.8, 4) is 0 Å². The van der Waals surface area contributed by atoms with Gasteiger partial charge in [0.05, 0.1) is 4.90 Å². The highest BCUT2D eigenvalue weighted by atomic mass is 32.2. The van der Waals surface area contributed by atoms with E-state index in [0.29, 0.717) is 0 Å². The third kappa shape index (κ3) is 2.66. The number of benzene rings is 1. The standard InChI is InChI=1S/C13H17FN2O4S/c1-8-5-10(14)6-9(2)11(8)21(19,20)16-4-3-13(15,7-16)12(17)18/h5-6H,3-4,7,15H2,1-2H3,(H,17,18). The molecule has 3 N–H and O–H groups in total. The molecular formula is C13H17FN2O4S. The van der Waals surface area contributed by atoms with E-state index in [1.54, 1.807) is 0 Å². The summed E-state index contributed by atoms with van der Waals surface area (Å²) in [6, 6.07) is 2.28. The van der Waals surface area contributed by atoms with Crippen molar-refractivity contribution < 1.29 is 22.7 Å². The lowest BCUT2D eigenvalue weighted by Crippen LogP contribution is -2.50. The highest BCUT2D eigenvalue weighted by Gasteiger charge is 2.46. The molecule has 1 aliphatic rings. The van der Waals surface area contributed by atoms with Crippen molar-refractivity contribution in [2.45, 2.75) is 30.7 Å². The molecule has 116 valence electrons. The first-order chi connectivity index (χ1) is 9.58. The van der Waals surface area contributed by atoms with Gasteiger partial charge >= 0.3 is 5.97 Å². The van der Waals surface area contributed by atoms with Gasteiger partial charge in [0.2, 0.25) is 10.0 Å². The van der Waals surface area contributed by atoms with Gasteiger partial charge in [0, 0.05) is 13.1 Å². The van der Waals surface area contributed by atoms with Crippen molar-refractivity contribution in [1.82, 2.24) is 4.31 Å². The highest BCUT2D eigenvalue weighted by molar-refractivity contribution is 7.89. The van der Waals surface area contributed by atoms with Gasteiger partial charge in [-0.15, -0.1) is 0 Å². The Balaban J connectivity index is 2.44. The molecule has 1 atom stereocenters. The molecule has 1 aromatic rings. The van der Waals surface area contributed by atoms with Gasteiger partial charge in [-0.05, 0) is 43.5 Å². The number of rotatable bonds is 3. The summed E-state index contributed by atoms with van der Waals surface area (Å²) in [5.74, 6) is -1.74. The second-order valence-electron chi connectivity index (χ2n) is 5.42. The number of halogens is 1. The summed E-state index contributed by atoms with van der Waals surface area (Å²) in [4.78, 5) is 11.1. The van der Waals surface area contributed by atoms with Crippen LogP contribution in [0.4, 0.5) is 4.39 Å². The summed E-state index contributed by atoms with van der Waals surface area (Å²) < 4.78 is 39.7. The van der Waals surface area contributed by atoms with Crippen molar-refractivity contribution in [1.29, 1.82) is 0 Å². The quantitative estimate of drug-likeness (QED) is 0.851. The normalized spacial score (nSPS) is 23.4. The molecule has 0 amide bonds. The molecule has 0 spiro atoms. The van der Waals surface area contributed by atoms with Crippen LogP contribution >= 0.6 is 0 Å². The fourth-order valence-electron chi connectivity index (χ4n) is 2.61. The van der Waals surface area contributed by atoms with Crippen molar-refractivity contribution in [2.75, 3.05) is 13.1 Å². The first-order valence-corrected chi connectivity index (χ1v) is 7.81. The van der Waals surface area contributed by atoms with Crippen LogP contribution in [0.2, 0.25) is 0 Å². The van der Waals surface area contributed by atoms with Crippen molar-refractivity contribution in [3.63, 3.8) is 0 Å². The minimum atomic E-state index is -3.90. The SMILES string of the molecule is Cc1cc(F)cc(C)c1S(=O)(=O)N1CCC(N)(C(=O)O)C1. The van der Waals surface area contributed by atoms with Crippen LogP contribution in [0.3, 0.4) is 0 Å². The molecule has 0 aromatic heterocycles. The minimum Gasteiger partial charge on any atom is -0.480 e. The molecule has 0 bridgehead atoms. The molecule has 1 unspecified atom stereocenters. The maximum absolute atomic E-state index is 13.3. The van der Waals surface area contributed by atoms with Gasteiger partial charge in [0.15, 0.2) is 0 Å². The largest absolute Gasteiger partial charge is 0.480 e. The second-order valence-corrected chi connectivity index (χ2v) is 7.29. The van der Waals surface area contributed by atoms with Crippen LogP contribution in [0.25, 0.3) is 0 Å². The second kappa shape index (κ2) is 5.04. The van der Waals surface area contributed by atoms with E-state index in [4.69, 9.17) is 10.8 Å². The van der Waals surface area contributed by atoms with E-state index in [9.17, 15) is 17.6 Å². The fourth-order valence-corrected chi connectivity index (χ4v) is 4.53. The lowest BCUT2D eigenvalue weighted by molar-refractivity contribution is -0.142. The Labute approximate surface area is 122 Å². The van der Waals surface area contributed by atoms with E-state index in [1.807, 2.05) is 0 Å². The summed E-state index contributed by atoms with van der Waals surface area (Å²) in [6.45, 7) is 2.75. The van der Waals surface area contributed by atoms with E-state index in [1.165, 1.54) is 13.8 Å². The van der Waals surface area contributed by atoms with Crippen molar-refractivity contribution in [2.24, 2.45) is 5.73 Å². The predicted molar refractivity (Wildman–Crippen MR) is 73.8 cm³/mol. The number of carbonyl (C=O) groups is 1. The molecule has 6 nitrogen and oxygen atoms in total. The van der Waals surface area contributed by atoms with Crippen molar-refractivity contribution >= 4 is 16.0 Å². The van der Waals surface area contributed by atoms with Crippen LogP contribution in [0, 0.1) is 19.7 Å². The third-order valence-corrected chi connectivity index (χ3v) is 5.87. The summed E-state index contributed by atoms with van der Waals surface area (Å²) in [6.07, 6.45) is 0.0425. The maximum atomic E-state index is 13.3. The minimum absolute atomic E-state index is 0.0125. The molecule has 1 aliphatic heterocycles. The van der Waals surface area contributed by atoms with E-state index in [2.05, 4.69) is 0 Å². The molecule has 0 saturated carbocycles.